The largest absolute Gasteiger partial charge is 0.489 e. The van der Waals surface area contributed by atoms with Crippen LogP contribution in [-0.2, 0) is 0 Å². The molecule has 1 heterocycles. The molecular formula is C11H14NO. The Morgan fingerprint density at radius 3 is 2.69 bits per heavy atom. The summed E-state index contributed by atoms with van der Waals surface area (Å²) in [5.41, 5.74) is 1.02. The highest BCUT2D eigenvalue weighted by Crippen LogP contribution is 2.15. The number of benzene rings is 1. The van der Waals surface area contributed by atoms with E-state index in [0.717, 1.165) is 30.8 Å². The molecule has 1 atom stereocenters. The van der Waals surface area contributed by atoms with E-state index in [-0.39, 0.29) is 0 Å². The van der Waals surface area contributed by atoms with Gasteiger partial charge in [-0.25, -0.2) is 0 Å². The molecule has 1 aromatic rings. The van der Waals surface area contributed by atoms with E-state index in [0.29, 0.717) is 6.10 Å². The second-order valence-corrected chi connectivity index (χ2v) is 3.38. The molecule has 0 aliphatic carbocycles. The normalized spacial score (nSPS) is 21.8. The maximum atomic E-state index is 5.74. The highest BCUT2D eigenvalue weighted by Gasteiger charge is 2.15. The zero-order valence-corrected chi connectivity index (χ0v) is 7.62. The number of rotatable bonds is 2. The maximum absolute atomic E-state index is 5.74. The Morgan fingerprint density at radius 2 is 2.08 bits per heavy atom. The number of nitrogens with one attached hydrogen (secondary N) is 1. The van der Waals surface area contributed by atoms with E-state index in [1.807, 2.05) is 24.3 Å². The zero-order chi connectivity index (χ0) is 9.10. The van der Waals surface area contributed by atoms with Gasteiger partial charge in [-0.05, 0) is 37.6 Å². The molecule has 1 aliphatic rings. The molecule has 1 aliphatic heterocycles. The predicted molar refractivity (Wildman–Crippen MR) is 52.8 cm³/mol. The fourth-order valence-corrected chi connectivity index (χ4v) is 1.49. The van der Waals surface area contributed by atoms with Crippen LogP contribution >= 0.6 is 0 Å². The Balaban J connectivity index is 1.97. The van der Waals surface area contributed by atoms with E-state index in [2.05, 4.69) is 12.2 Å². The molecule has 1 aromatic carbocycles. The van der Waals surface area contributed by atoms with Gasteiger partial charge in [-0.3, -0.25) is 0 Å². The van der Waals surface area contributed by atoms with Gasteiger partial charge in [-0.15, -0.1) is 0 Å². The van der Waals surface area contributed by atoms with E-state index in [9.17, 15) is 0 Å². The van der Waals surface area contributed by atoms with E-state index < -0.39 is 0 Å². The zero-order valence-electron chi connectivity index (χ0n) is 7.62. The molecule has 0 spiro atoms. The molecule has 0 saturated carbocycles. The number of ether oxygens (including phenoxy) is 1. The lowest BCUT2D eigenvalue weighted by Crippen LogP contribution is -2.19. The van der Waals surface area contributed by atoms with Crippen LogP contribution in [0.3, 0.4) is 0 Å². The van der Waals surface area contributed by atoms with Gasteiger partial charge < -0.3 is 10.1 Å². The van der Waals surface area contributed by atoms with Crippen molar-refractivity contribution in [1.82, 2.24) is 5.32 Å². The molecule has 2 rings (SSSR count). The van der Waals surface area contributed by atoms with Gasteiger partial charge in [0, 0.05) is 6.54 Å². The van der Waals surface area contributed by atoms with Crippen LogP contribution in [-0.4, -0.2) is 19.2 Å². The standard InChI is InChI=1S/C11H14NO/c1-9-2-4-10(5-3-9)13-11-6-7-12-8-11/h2-5,11-12H,1,6-8H2. The van der Waals surface area contributed by atoms with Crippen LogP contribution < -0.4 is 10.1 Å². The molecule has 1 fully saturated rings. The van der Waals surface area contributed by atoms with Gasteiger partial charge in [0.1, 0.15) is 11.9 Å². The fraction of sp³-hybridized carbons (Fsp3) is 0.364. The topological polar surface area (TPSA) is 21.3 Å². The predicted octanol–water partition coefficient (Wildman–Crippen LogP) is 1.61. The molecule has 2 nitrogen and oxygen atoms in total. The summed E-state index contributed by atoms with van der Waals surface area (Å²) in [6, 6.07) is 7.89. The molecule has 69 valence electrons. The molecule has 1 saturated heterocycles. The number of hydrogen-bond donors (Lipinski definition) is 1. The average molecular weight is 176 g/mol. The van der Waals surface area contributed by atoms with Crippen molar-refractivity contribution in [2.45, 2.75) is 12.5 Å². The van der Waals surface area contributed by atoms with E-state index in [1.54, 1.807) is 0 Å². The van der Waals surface area contributed by atoms with Crippen LogP contribution in [0.1, 0.15) is 12.0 Å². The molecule has 0 amide bonds. The minimum atomic E-state index is 0.343. The highest BCUT2D eigenvalue weighted by atomic mass is 16.5. The van der Waals surface area contributed by atoms with Gasteiger partial charge >= 0.3 is 0 Å². The van der Waals surface area contributed by atoms with Gasteiger partial charge in [0.05, 0.1) is 0 Å². The monoisotopic (exact) mass is 176 g/mol. The summed E-state index contributed by atoms with van der Waals surface area (Å²) in [5, 5.41) is 3.27. The van der Waals surface area contributed by atoms with Crippen molar-refractivity contribution in [3.8, 4) is 5.75 Å². The summed E-state index contributed by atoms with van der Waals surface area (Å²) in [5.74, 6) is 0.945. The highest BCUT2D eigenvalue weighted by molar-refractivity contribution is 5.28. The summed E-state index contributed by atoms with van der Waals surface area (Å²) in [7, 11) is 0. The molecule has 0 bridgehead atoms. The van der Waals surface area contributed by atoms with Crippen LogP contribution in [0.5, 0.6) is 5.75 Å². The lowest BCUT2D eigenvalue weighted by Gasteiger charge is -2.12. The lowest BCUT2D eigenvalue weighted by molar-refractivity contribution is 0.223. The van der Waals surface area contributed by atoms with Gasteiger partial charge in [0.25, 0.3) is 0 Å². The van der Waals surface area contributed by atoms with E-state index in [1.165, 1.54) is 0 Å². The van der Waals surface area contributed by atoms with Crippen molar-refractivity contribution in [3.63, 3.8) is 0 Å². The summed E-state index contributed by atoms with van der Waals surface area (Å²) >= 11 is 0. The first-order chi connectivity index (χ1) is 6.34. The van der Waals surface area contributed by atoms with Crippen molar-refractivity contribution in [1.29, 1.82) is 0 Å². The Kier molecular flexibility index (Phi) is 2.50. The van der Waals surface area contributed by atoms with Gasteiger partial charge in [-0.2, -0.15) is 0 Å². The fourth-order valence-electron chi connectivity index (χ4n) is 1.49. The van der Waals surface area contributed by atoms with Gasteiger partial charge in [0.15, 0.2) is 0 Å². The molecule has 1 unspecified atom stereocenters. The van der Waals surface area contributed by atoms with Crippen LogP contribution in [0.2, 0.25) is 0 Å². The van der Waals surface area contributed by atoms with Crippen molar-refractivity contribution in [3.05, 3.63) is 36.8 Å². The van der Waals surface area contributed by atoms with Crippen molar-refractivity contribution in [2.24, 2.45) is 0 Å². The lowest BCUT2D eigenvalue weighted by atomic mass is 10.2. The summed E-state index contributed by atoms with van der Waals surface area (Å²) < 4.78 is 5.74. The Labute approximate surface area is 78.9 Å². The Morgan fingerprint density at radius 1 is 1.31 bits per heavy atom. The second kappa shape index (κ2) is 3.79. The minimum absolute atomic E-state index is 0.343. The van der Waals surface area contributed by atoms with Gasteiger partial charge in [0.2, 0.25) is 0 Å². The first-order valence-corrected chi connectivity index (χ1v) is 4.64. The van der Waals surface area contributed by atoms with Crippen LogP contribution in [0.25, 0.3) is 0 Å². The Bertz CT molecular complexity index is 262. The molecule has 1 N–H and O–H groups in total. The van der Waals surface area contributed by atoms with Crippen molar-refractivity contribution >= 4 is 0 Å². The quantitative estimate of drug-likeness (QED) is 0.739. The SMILES string of the molecule is [CH2]c1ccc(OC2CCNC2)cc1. The smallest absolute Gasteiger partial charge is 0.119 e. The molecule has 13 heavy (non-hydrogen) atoms. The second-order valence-electron chi connectivity index (χ2n) is 3.38. The first-order valence-electron chi connectivity index (χ1n) is 4.64. The van der Waals surface area contributed by atoms with Crippen LogP contribution in [0.15, 0.2) is 24.3 Å². The number of hydrogen-bond acceptors (Lipinski definition) is 2. The van der Waals surface area contributed by atoms with Crippen LogP contribution in [0, 0.1) is 6.92 Å². The summed E-state index contributed by atoms with van der Waals surface area (Å²) in [4.78, 5) is 0. The minimum Gasteiger partial charge on any atom is -0.489 e. The average Bonchev–Trinajstić information content (AvgIpc) is 2.62. The Hall–Kier alpha value is -1.02. The van der Waals surface area contributed by atoms with E-state index >= 15 is 0 Å². The first kappa shape index (κ1) is 8.57. The summed E-state index contributed by atoms with van der Waals surface area (Å²) in [6.45, 7) is 5.86. The van der Waals surface area contributed by atoms with Gasteiger partial charge in [-0.1, -0.05) is 12.1 Å². The van der Waals surface area contributed by atoms with Crippen molar-refractivity contribution in [2.75, 3.05) is 13.1 Å². The van der Waals surface area contributed by atoms with Crippen molar-refractivity contribution < 1.29 is 4.74 Å². The molecular weight excluding hydrogens is 162 g/mol. The van der Waals surface area contributed by atoms with Crippen LogP contribution in [0.4, 0.5) is 0 Å². The third kappa shape index (κ3) is 2.22. The third-order valence-corrected chi connectivity index (χ3v) is 2.24. The molecule has 0 aromatic heterocycles. The molecule has 2 heteroatoms. The maximum Gasteiger partial charge on any atom is 0.119 e. The third-order valence-electron chi connectivity index (χ3n) is 2.24. The van der Waals surface area contributed by atoms with E-state index in [4.69, 9.17) is 4.74 Å². The molecule has 1 radical (unpaired) electrons. The summed E-state index contributed by atoms with van der Waals surface area (Å²) in [6.07, 6.45) is 1.45.